The Balaban J connectivity index is 1.74. The molecule has 1 N–H and O–H groups in total. The van der Waals surface area contributed by atoms with Gasteiger partial charge in [-0.25, -0.2) is 17.2 Å². The van der Waals surface area contributed by atoms with E-state index in [1.807, 2.05) is 0 Å². The Bertz CT molecular complexity index is 1650. The molecule has 14 heteroatoms. The Morgan fingerprint density at radius 2 is 1.55 bits per heavy atom. The Labute approximate surface area is 247 Å². The van der Waals surface area contributed by atoms with Gasteiger partial charge in [-0.3, -0.25) is 9.69 Å². The topological polar surface area (TPSA) is 66.5 Å². The van der Waals surface area contributed by atoms with Crippen LogP contribution in [0.4, 0.5) is 35.1 Å². The van der Waals surface area contributed by atoms with Crippen molar-refractivity contribution in [3.05, 3.63) is 101 Å². The predicted octanol–water partition coefficient (Wildman–Crippen LogP) is 6.29. The van der Waals surface area contributed by atoms with Crippen molar-refractivity contribution in [1.82, 2.24) is 10.2 Å². The maximum Gasteiger partial charge on any atom is 0.435 e. The minimum absolute atomic E-state index is 0.00256. The van der Waals surface area contributed by atoms with E-state index in [1.54, 1.807) is 35.2 Å². The number of carbonyl (C=O) groups excluding carboxylic acids is 1. The fourth-order valence-corrected chi connectivity index (χ4v) is 9.04. The van der Waals surface area contributed by atoms with Crippen LogP contribution in [0.3, 0.4) is 0 Å². The predicted molar refractivity (Wildman–Crippen MR) is 143 cm³/mol. The van der Waals surface area contributed by atoms with E-state index in [9.17, 15) is 43.9 Å². The first-order valence-electron chi connectivity index (χ1n) is 13.5. The molecule has 3 aromatic rings. The molecule has 5 nitrogen and oxygen atoms in total. The number of likely N-dealkylation sites (N-methyl/N-ethyl adjacent to an activating group) is 1. The number of sulfone groups is 1. The third kappa shape index (κ3) is 4.68. The van der Waals surface area contributed by atoms with Gasteiger partial charge >= 0.3 is 18.0 Å². The highest BCUT2D eigenvalue weighted by atomic mass is 32.2. The van der Waals surface area contributed by atoms with Gasteiger partial charge in [-0.15, -0.1) is 0 Å². The van der Waals surface area contributed by atoms with Crippen LogP contribution in [0.2, 0.25) is 0 Å². The fourth-order valence-electron chi connectivity index (χ4n) is 6.66. The van der Waals surface area contributed by atoms with Crippen LogP contribution in [0.1, 0.15) is 41.1 Å². The van der Waals surface area contributed by atoms with Gasteiger partial charge in [0.05, 0.1) is 4.90 Å². The van der Waals surface area contributed by atoms with Gasteiger partial charge in [0, 0.05) is 25.2 Å². The summed E-state index contributed by atoms with van der Waals surface area (Å²) in [5.41, 5.74) is -7.18. The zero-order chi connectivity index (χ0) is 32.3. The average Bonchev–Trinajstić information content (AvgIpc) is 3.37. The molecule has 3 atom stereocenters. The zero-order valence-corrected chi connectivity index (χ0v) is 23.8. The molecule has 3 aromatic carbocycles. The Kier molecular flexibility index (Phi) is 7.85. The van der Waals surface area contributed by atoms with Gasteiger partial charge in [0.2, 0.25) is 5.91 Å². The van der Waals surface area contributed by atoms with Crippen molar-refractivity contribution in [2.45, 2.75) is 59.0 Å². The molecule has 0 bridgehead atoms. The number of aryl methyl sites for hydroxylation is 1. The van der Waals surface area contributed by atoms with E-state index in [1.165, 1.54) is 7.05 Å². The minimum atomic E-state index is -6.35. The SMILES string of the molecule is CNC(=O)C(c1ccccc1)N1CC[C@@]2(S(=O)(=O)c3ccc(F)cc3)c3ccc(C(F)(C(F)(F)F)C(F)(F)F)cc3CC[C@@H]12. The molecule has 1 aliphatic heterocycles. The van der Waals surface area contributed by atoms with Crippen LogP contribution in [0.5, 0.6) is 0 Å². The number of hydrogen-bond acceptors (Lipinski definition) is 4. The van der Waals surface area contributed by atoms with Crippen molar-refractivity contribution < 1.29 is 48.3 Å². The first-order valence-corrected chi connectivity index (χ1v) is 15.0. The van der Waals surface area contributed by atoms with Gasteiger partial charge in [0.25, 0.3) is 0 Å². The molecule has 0 saturated carbocycles. The van der Waals surface area contributed by atoms with E-state index in [4.69, 9.17) is 0 Å². The lowest BCUT2D eigenvalue weighted by atomic mass is 9.76. The van der Waals surface area contributed by atoms with Crippen LogP contribution >= 0.6 is 0 Å². The van der Waals surface area contributed by atoms with Gasteiger partial charge < -0.3 is 5.32 Å². The molecule has 1 aliphatic carbocycles. The number of rotatable bonds is 6. The number of amides is 1. The van der Waals surface area contributed by atoms with Crippen molar-refractivity contribution in [2.75, 3.05) is 13.6 Å². The number of nitrogens with zero attached hydrogens (tertiary/aromatic N) is 1. The summed E-state index contributed by atoms with van der Waals surface area (Å²) >= 11 is 0. The lowest BCUT2D eigenvalue weighted by Crippen LogP contribution is -2.53. The molecule has 236 valence electrons. The second-order valence-corrected chi connectivity index (χ2v) is 13.0. The number of fused-ring (bicyclic) bond motifs is 3. The second-order valence-electron chi connectivity index (χ2n) is 10.8. The Hall–Kier alpha value is -3.52. The molecular formula is C30H26F8N2O3S. The van der Waals surface area contributed by atoms with Crippen molar-refractivity contribution >= 4 is 15.7 Å². The third-order valence-corrected chi connectivity index (χ3v) is 11.2. The number of benzene rings is 3. The van der Waals surface area contributed by atoms with E-state index in [2.05, 4.69) is 5.32 Å². The molecule has 0 spiro atoms. The molecule has 1 amide bonds. The number of alkyl halides is 7. The van der Waals surface area contributed by atoms with Gasteiger partial charge in [-0.2, -0.15) is 26.3 Å². The number of hydrogen-bond donors (Lipinski definition) is 1. The molecule has 44 heavy (non-hydrogen) atoms. The minimum Gasteiger partial charge on any atom is -0.358 e. The number of carbonyl (C=O) groups is 1. The smallest absolute Gasteiger partial charge is 0.358 e. The summed E-state index contributed by atoms with van der Waals surface area (Å²) in [6.07, 6.45) is -13.2. The summed E-state index contributed by atoms with van der Waals surface area (Å²) in [6.45, 7) is -0.00256. The summed E-state index contributed by atoms with van der Waals surface area (Å²) in [7, 11) is -3.15. The molecule has 1 heterocycles. The van der Waals surface area contributed by atoms with E-state index in [-0.39, 0.29) is 41.8 Å². The van der Waals surface area contributed by atoms with E-state index < -0.39 is 62.0 Å². The molecular weight excluding hydrogens is 620 g/mol. The van der Waals surface area contributed by atoms with Gasteiger partial charge in [0.1, 0.15) is 16.6 Å². The molecule has 0 aromatic heterocycles. The molecule has 1 unspecified atom stereocenters. The maximum atomic E-state index is 15.0. The molecule has 1 saturated heterocycles. The van der Waals surface area contributed by atoms with Gasteiger partial charge in [-0.05, 0) is 60.2 Å². The molecule has 0 radical (unpaired) electrons. The first kappa shape index (κ1) is 31.9. The fraction of sp³-hybridized carbons (Fsp3) is 0.367. The zero-order valence-electron chi connectivity index (χ0n) is 23.0. The standard InChI is InChI=1S/C30H26F8N2O3S/c1-39-26(41)25(18-5-3-2-4-6-18)40-16-15-27(44(42,43)22-11-9-21(31)10-12-22)23-13-8-20(17-19(23)7-14-24(27)40)28(32,29(33,34)35)30(36,37)38/h2-6,8-13,17,24-25H,7,14-16H2,1H3,(H,39,41)/t24-,25?,27-/m1/s1. The van der Waals surface area contributed by atoms with Crippen molar-refractivity contribution in [3.8, 4) is 0 Å². The van der Waals surface area contributed by atoms with E-state index in [0.717, 1.165) is 30.3 Å². The van der Waals surface area contributed by atoms with Crippen molar-refractivity contribution in [2.24, 2.45) is 0 Å². The highest BCUT2D eigenvalue weighted by Crippen LogP contribution is 2.57. The second kappa shape index (κ2) is 10.8. The first-order chi connectivity index (χ1) is 20.5. The normalized spacial score (nSPS) is 21.8. The highest BCUT2D eigenvalue weighted by Gasteiger charge is 2.74. The summed E-state index contributed by atoms with van der Waals surface area (Å²) in [4.78, 5) is 14.6. The number of likely N-dealkylation sites (tertiary alicyclic amines) is 1. The van der Waals surface area contributed by atoms with Crippen molar-refractivity contribution in [1.29, 1.82) is 0 Å². The quantitative estimate of drug-likeness (QED) is 0.253. The van der Waals surface area contributed by atoms with E-state index in [0.29, 0.717) is 17.7 Å². The molecule has 5 rings (SSSR count). The van der Waals surface area contributed by atoms with Crippen LogP contribution in [-0.4, -0.2) is 51.2 Å². The average molecular weight is 647 g/mol. The third-order valence-electron chi connectivity index (χ3n) is 8.65. The van der Waals surface area contributed by atoms with Gasteiger partial charge in [-0.1, -0.05) is 48.5 Å². The van der Waals surface area contributed by atoms with Crippen LogP contribution < -0.4 is 5.32 Å². The summed E-state index contributed by atoms with van der Waals surface area (Å²) in [6, 6.07) is 11.9. The highest BCUT2D eigenvalue weighted by molar-refractivity contribution is 7.92. The van der Waals surface area contributed by atoms with Crippen molar-refractivity contribution in [3.63, 3.8) is 0 Å². The van der Waals surface area contributed by atoms with Crippen LogP contribution in [0, 0.1) is 5.82 Å². The maximum absolute atomic E-state index is 15.0. The molecule has 1 fully saturated rings. The summed E-state index contributed by atoms with van der Waals surface area (Å²) < 4.78 is 137. The lowest BCUT2D eigenvalue weighted by Gasteiger charge is -2.44. The summed E-state index contributed by atoms with van der Waals surface area (Å²) in [5, 5.41) is 2.57. The van der Waals surface area contributed by atoms with Gasteiger partial charge in [0.15, 0.2) is 9.84 Å². The Morgan fingerprint density at radius 1 is 0.932 bits per heavy atom. The number of halogens is 8. The summed E-state index contributed by atoms with van der Waals surface area (Å²) in [5.74, 6) is -1.20. The Morgan fingerprint density at radius 3 is 2.11 bits per heavy atom. The largest absolute Gasteiger partial charge is 0.435 e. The molecule has 2 aliphatic rings. The van der Waals surface area contributed by atoms with E-state index >= 15 is 4.39 Å². The van der Waals surface area contributed by atoms with Crippen LogP contribution in [0.15, 0.2) is 77.7 Å². The monoisotopic (exact) mass is 646 g/mol. The van der Waals surface area contributed by atoms with Crippen LogP contribution in [-0.2, 0) is 31.5 Å². The number of nitrogens with one attached hydrogen (secondary N) is 1. The lowest BCUT2D eigenvalue weighted by molar-refractivity contribution is -0.348. The van der Waals surface area contributed by atoms with Crippen LogP contribution in [0.25, 0.3) is 0 Å².